The number of hydrogen-bond donors (Lipinski definition) is 1. The van der Waals surface area contributed by atoms with Gasteiger partial charge in [-0.05, 0) is 36.9 Å². The normalized spacial score (nSPS) is 16.4. The van der Waals surface area contributed by atoms with Crippen LogP contribution in [0.3, 0.4) is 0 Å². The van der Waals surface area contributed by atoms with Gasteiger partial charge in [-0.25, -0.2) is 0 Å². The van der Waals surface area contributed by atoms with Crippen molar-refractivity contribution in [1.82, 2.24) is 9.78 Å². The quantitative estimate of drug-likeness (QED) is 0.922. The molecule has 0 saturated heterocycles. The molecule has 3 heteroatoms. The van der Waals surface area contributed by atoms with E-state index in [9.17, 15) is 0 Å². The average Bonchev–Trinajstić information content (AvgIpc) is 2.99. The molecule has 1 saturated carbocycles. The predicted molar refractivity (Wildman–Crippen MR) is 82.5 cm³/mol. The summed E-state index contributed by atoms with van der Waals surface area (Å²) in [6, 6.07) is 9.11. The third kappa shape index (κ3) is 2.78. The Morgan fingerprint density at radius 1 is 1.15 bits per heavy atom. The lowest BCUT2D eigenvalue weighted by Gasteiger charge is -2.21. The van der Waals surface area contributed by atoms with Crippen LogP contribution in [0.25, 0.3) is 11.1 Å². The van der Waals surface area contributed by atoms with Crippen LogP contribution in [0.4, 0.5) is 0 Å². The van der Waals surface area contributed by atoms with Gasteiger partial charge in [0.1, 0.15) is 0 Å². The van der Waals surface area contributed by atoms with Gasteiger partial charge in [0.05, 0.1) is 12.2 Å². The molecule has 1 aliphatic carbocycles. The van der Waals surface area contributed by atoms with Gasteiger partial charge in [0, 0.05) is 11.8 Å². The highest BCUT2D eigenvalue weighted by Crippen LogP contribution is 2.30. The Balaban J connectivity index is 1.86. The van der Waals surface area contributed by atoms with E-state index < -0.39 is 0 Å². The zero-order chi connectivity index (χ0) is 13.8. The summed E-state index contributed by atoms with van der Waals surface area (Å²) in [5.41, 5.74) is 9.53. The molecule has 3 nitrogen and oxygen atoms in total. The zero-order valence-electron chi connectivity index (χ0n) is 12.0. The van der Waals surface area contributed by atoms with E-state index in [1.54, 1.807) is 0 Å². The minimum absolute atomic E-state index is 0.596. The van der Waals surface area contributed by atoms with E-state index in [-0.39, 0.29) is 0 Å². The van der Waals surface area contributed by atoms with Crippen LogP contribution < -0.4 is 5.73 Å². The van der Waals surface area contributed by atoms with Crippen LogP contribution in [-0.2, 0) is 6.42 Å². The van der Waals surface area contributed by atoms with Gasteiger partial charge < -0.3 is 5.73 Å². The second-order valence-corrected chi connectivity index (χ2v) is 5.70. The Morgan fingerprint density at radius 2 is 1.95 bits per heavy atom. The summed E-state index contributed by atoms with van der Waals surface area (Å²) in [7, 11) is 0. The van der Waals surface area contributed by atoms with Crippen LogP contribution in [-0.4, -0.2) is 16.3 Å². The lowest BCUT2D eigenvalue weighted by Crippen LogP contribution is -2.12. The van der Waals surface area contributed by atoms with E-state index in [0.717, 1.165) is 6.42 Å². The van der Waals surface area contributed by atoms with Crippen molar-refractivity contribution in [1.29, 1.82) is 0 Å². The highest BCUT2D eigenvalue weighted by molar-refractivity contribution is 5.66. The van der Waals surface area contributed by atoms with Crippen LogP contribution in [0.15, 0.2) is 36.7 Å². The summed E-state index contributed by atoms with van der Waals surface area (Å²) in [5, 5.41) is 4.60. The fourth-order valence-electron chi connectivity index (χ4n) is 3.20. The molecule has 2 N–H and O–H groups in total. The molecule has 106 valence electrons. The minimum Gasteiger partial charge on any atom is -0.330 e. The molecular weight excluding hydrogens is 246 g/mol. The molecule has 0 radical (unpaired) electrons. The predicted octanol–water partition coefficient (Wildman–Crippen LogP) is 3.56. The van der Waals surface area contributed by atoms with Crippen molar-refractivity contribution in [3.8, 4) is 11.1 Å². The van der Waals surface area contributed by atoms with Crippen molar-refractivity contribution in [3.63, 3.8) is 0 Å². The van der Waals surface area contributed by atoms with Crippen molar-refractivity contribution in [3.05, 3.63) is 42.2 Å². The van der Waals surface area contributed by atoms with Gasteiger partial charge in [-0.2, -0.15) is 5.10 Å². The maximum absolute atomic E-state index is 5.71. The minimum atomic E-state index is 0.596. The molecule has 0 atom stereocenters. The molecule has 1 heterocycles. The van der Waals surface area contributed by atoms with Crippen LogP contribution in [0.1, 0.15) is 43.7 Å². The monoisotopic (exact) mass is 269 g/mol. The van der Waals surface area contributed by atoms with Crippen molar-refractivity contribution < 1.29 is 0 Å². The first-order valence-corrected chi connectivity index (χ1v) is 7.71. The molecular formula is C17H23N3. The maximum atomic E-state index is 5.71. The second kappa shape index (κ2) is 6.23. The van der Waals surface area contributed by atoms with E-state index in [1.807, 2.05) is 6.20 Å². The third-order valence-corrected chi connectivity index (χ3v) is 4.29. The third-order valence-electron chi connectivity index (χ3n) is 4.29. The van der Waals surface area contributed by atoms with Crippen LogP contribution >= 0.6 is 0 Å². The highest BCUT2D eigenvalue weighted by atomic mass is 15.3. The van der Waals surface area contributed by atoms with Gasteiger partial charge in [-0.1, -0.05) is 43.5 Å². The van der Waals surface area contributed by atoms with Crippen LogP contribution in [0, 0.1) is 0 Å². The lowest BCUT2D eigenvalue weighted by molar-refractivity contribution is 0.329. The topological polar surface area (TPSA) is 43.8 Å². The summed E-state index contributed by atoms with van der Waals surface area (Å²) in [6.45, 7) is 0.688. The summed E-state index contributed by atoms with van der Waals surface area (Å²) in [6.07, 6.45) is 11.7. The van der Waals surface area contributed by atoms with E-state index in [2.05, 4.69) is 40.2 Å². The maximum Gasteiger partial charge on any atom is 0.0568 e. The Bertz CT molecular complexity index is 553. The van der Waals surface area contributed by atoms with Gasteiger partial charge in [-0.15, -0.1) is 0 Å². The number of rotatable bonds is 4. The van der Waals surface area contributed by atoms with Crippen molar-refractivity contribution in [2.45, 2.75) is 44.6 Å². The van der Waals surface area contributed by atoms with Gasteiger partial charge in [0.25, 0.3) is 0 Å². The number of aromatic nitrogens is 2. The van der Waals surface area contributed by atoms with Crippen molar-refractivity contribution in [2.75, 3.05) is 6.54 Å². The Kier molecular flexibility index (Phi) is 4.16. The van der Waals surface area contributed by atoms with Crippen LogP contribution in [0.2, 0.25) is 0 Å². The number of benzene rings is 1. The molecule has 0 unspecified atom stereocenters. The molecule has 3 rings (SSSR count). The van der Waals surface area contributed by atoms with Gasteiger partial charge in [-0.3, -0.25) is 4.68 Å². The van der Waals surface area contributed by atoms with Gasteiger partial charge >= 0.3 is 0 Å². The van der Waals surface area contributed by atoms with E-state index in [0.29, 0.717) is 12.6 Å². The van der Waals surface area contributed by atoms with E-state index in [4.69, 9.17) is 5.73 Å². The molecule has 0 spiro atoms. The first-order valence-electron chi connectivity index (χ1n) is 7.71. The average molecular weight is 269 g/mol. The number of nitrogens with zero attached hydrogens (tertiary/aromatic N) is 2. The van der Waals surface area contributed by atoms with E-state index in [1.165, 1.54) is 48.8 Å². The Labute approximate surface area is 120 Å². The molecule has 20 heavy (non-hydrogen) atoms. The van der Waals surface area contributed by atoms with Crippen LogP contribution in [0.5, 0.6) is 0 Å². The van der Waals surface area contributed by atoms with Crippen molar-refractivity contribution in [2.24, 2.45) is 5.73 Å². The van der Waals surface area contributed by atoms with Gasteiger partial charge in [0.2, 0.25) is 0 Å². The smallest absolute Gasteiger partial charge is 0.0568 e. The molecule has 1 aromatic carbocycles. The summed E-state index contributed by atoms with van der Waals surface area (Å²) in [4.78, 5) is 0. The fourth-order valence-corrected chi connectivity index (χ4v) is 3.20. The first-order chi connectivity index (χ1) is 9.88. The summed E-state index contributed by atoms with van der Waals surface area (Å²) in [5.74, 6) is 0. The Hall–Kier alpha value is -1.61. The lowest BCUT2D eigenvalue weighted by atomic mass is 9.95. The fraction of sp³-hybridized carbons (Fsp3) is 0.471. The molecule has 0 aliphatic heterocycles. The molecule has 1 aliphatic rings. The number of hydrogen-bond acceptors (Lipinski definition) is 2. The largest absolute Gasteiger partial charge is 0.330 e. The molecule has 0 amide bonds. The highest BCUT2D eigenvalue weighted by Gasteiger charge is 2.16. The summed E-state index contributed by atoms with van der Waals surface area (Å²) < 4.78 is 2.17. The zero-order valence-corrected chi connectivity index (χ0v) is 12.0. The van der Waals surface area contributed by atoms with Crippen molar-refractivity contribution >= 4 is 0 Å². The second-order valence-electron chi connectivity index (χ2n) is 5.70. The molecule has 1 aromatic heterocycles. The number of nitrogens with two attached hydrogens (primary N) is 1. The first kappa shape index (κ1) is 13.4. The van der Waals surface area contributed by atoms with E-state index >= 15 is 0 Å². The SMILES string of the molecule is NCCc1ccccc1-c1cnn(C2CCCCC2)c1. The molecule has 0 bridgehead atoms. The van der Waals surface area contributed by atoms with Gasteiger partial charge in [0.15, 0.2) is 0 Å². The Morgan fingerprint density at radius 3 is 2.75 bits per heavy atom. The molecule has 2 aromatic rings. The molecule has 1 fully saturated rings. The summed E-state index contributed by atoms with van der Waals surface area (Å²) >= 11 is 0. The standard InChI is InChI=1S/C17H23N3/c18-11-10-14-6-4-5-9-17(14)15-12-19-20(13-15)16-7-2-1-3-8-16/h4-6,9,12-13,16H,1-3,7-8,10-11,18H2.